The summed E-state index contributed by atoms with van der Waals surface area (Å²) < 4.78 is 51.4. The Kier molecular flexibility index (Phi) is 19.1. The molecule has 0 aromatic heterocycles. The molecular formula is C36H61N3O26. The van der Waals surface area contributed by atoms with Crippen LogP contribution in [0.4, 0.5) is 0 Å². The maximum absolute atomic E-state index is 12.4. The van der Waals surface area contributed by atoms with Crippen LogP contribution in [0.5, 0.6) is 0 Å². The van der Waals surface area contributed by atoms with Crippen LogP contribution in [0.25, 0.3) is 0 Å². The number of carbonyl (C=O) groups is 3. The second kappa shape index (κ2) is 23.2. The number of hydrogen-bond donors (Lipinski definition) is 17. The predicted octanol–water partition coefficient (Wildman–Crippen LogP) is -11.5. The van der Waals surface area contributed by atoms with Crippen molar-refractivity contribution in [3.05, 3.63) is 0 Å². The summed E-state index contributed by atoms with van der Waals surface area (Å²) in [7, 11) is 0. The van der Waals surface area contributed by atoms with Gasteiger partial charge >= 0.3 is 0 Å². The minimum Gasteiger partial charge on any atom is -0.394 e. The summed E-state index contributed by atoms with van der Waals surface area (Å²) >= 11 is 0. The van der Waals surface area contributed by atoms with Gasteiger partial charge in [0.1, 0.15) is 122 Å². The molecule has 5 aliphatic heterocycles. The highest BCUT2D eigenvalue weighted by molar-refractivity contribution is 5.74. The van der Waals surface area contributed by atoms with Gasteiger partial charge in [0.25, 0.3) is 0 Å². The van der Waals surface area contributed by atoms with Crippen molar-refractivity contribution >= 4 is 17.7 Å². The summed E-state index contributed by atoms with van der Waals surface area (Å²) in [6, 6.07) is -4.78. The van der Waals surface area contributed by atoms with Crippen molar-refractivity contribution in [2.24, 2.45) is 0 Å². The Balaban J connectivity index is 1.32. The molecule has 5 rings (SSSR count). The summed E-state index contributed by atoms with van der Waals surface area (Å²) in [5, 5.41) is 156. The largest absolute Gasteiger partial charge is 0.394 e. The molecule has 5 aliphatic rings. The van der Waals surface area contributed by atoms with Gasteiger partial charge in [-0.2, -0.15) is 0 Å². The van der Waals surface area contributed by atoms with E-state index < -0.39 is 204 Å². The Hall–Kier alpha value is -2.51. The van der Waals surface area contributed by atoms with E-state index in [0.29, 0.717) is 0 Å². The van der Waals surface area contributed by atoms with Gasteiger partial charge in [0.2, 0.25) is 17.7 Å². The fraction of sp³-hybridized carbons (Fsp3) is 0.917. The molecule has 17 N–H and O–H groups in total. The van der Waals surface area contributed by atoms with E-state index in [9.17, 15) is 85.9 Å². The summed E-state index contributed by atoms with van der Waals surface area (Å²) in [6.45, 7) is -1.40. The molecule has 5 fully saturated rings. The molecule has 0 bridgehead atoms. The Bertz CT molecular complexity index is 1550. The minimum absolute atomic E-state index is 0.681. The van der Waals surface area contributed by atoms with E-state index in [1.54, 1.807) is 0 Å². The lowest BCUT2D eigenvalue weighted by Crippen LogP contribution is -2.70. The highest BCUT2D eigenvalue weighted by Crippen LogP contribution is 2.35. The second-order valence-corrected chi connectivity index (χ2v) is 16.2. The molecule has 0 aliphatic carbocycles. The number of aliphatic hydroxyl groups excluding tert-OH is 14. The fourth-order valence-corrected chi connectivity index (χ4v) is 8.25. The molecule has 25 atom stereocenters. The summed E-state index contributed by atoms with van der Waals surface area (Å²) in [4.78, 5) is 36.5. The summed E-state index contributed by atoms with van der Waals surface area (Å²) in [5.41, 5.74) is 0. The molecular weight excluding hydrogens is 890 g/mol. The van der Waals surface area contributed by atoms with Crippen LogP contribution in [0.2, 0.25) is 0 Å². The monoisotopic (exact) mass is 951 g/mol. The Morgan fingerprint density at radius 1 is 0.369 bits per heavy atom. The van der Waals surface area contributed by atoms with Crippen molar-refractivity contribution in [2.45, 2.75) is 174 Å². The zero-order valence-corrected chi connectivity index (χ0v) is 35.1. The van der Waals surface area contributed by atoms with Gasteiger partial charge in [0.15, 0.2) is 31.5 Å². The lowest BCUT2D eigenvalue weighted by atomic mass is 9.93. The molecule has 5 saturated heterocycles. The van der Waals surface area contributed by atoms with E-state index in [1.165, 1.54) is 0 Å². The number of aliphatic hydroxyl groups is 14. The third-order valence-corrected chi connectivity index (χ3v) is 11.5. The van der Waals surface area contributed by atoms with Crippen LogP contribution in [0, 0.1) is 0 Å². The molecule has 3 amide bonds. The van der Waals surface area contributed by atoms with Gasteiger partial charge in [0.05, 0.1) is 33.0 Å². The molecule has 5 heterocycles. The highest BCUT2D eigenvalue weighted by atomic mass is 16.8. The first kappa shape index (κ1) is 53.4. The second-order valence-electron chi connectivity index (χ2n) is 16.2. The number of rotatable bonds is 16. The van der Waals surface area contributed by atoms with Crippen LogP contribution in [-0.2, 0) is 57.0 Å². The smallest absolute Gasteiger partial charge is 0.217 e. The van der Waals surface area contributed by atoms with Gasteiger partial charge in [-0.25, -0.2) is 0 Å². The average molecular weight is 952 g/mol. The van der Waals surface area contributed by atoms with Crippen LogP contribution in [0.3, 0.4) is 0 Å². The maximum atomic E-state index is 12.4. The summed E-state index contributed by atoms with van der Waals surface area (Å²) in [5.74, 6) is -2.24. The lowest BCUT2D eigenvalue weighted by molar-refractivity contribution is -0.380. The van der Waals surface area contributed by atoms with Crippen LogP contribution in [-0.4, -0.2) is 276 Å². The normalized spacial score (nSPS) is 47.1. The molecule has 29 heteroatoms. The number of nitrogens with one attached hydrogen (secondary N) is 3. The van der Waals surface area contributed by atoms with Gasteiger partial charge in [-0.05, 0) is 0 Å². The van der Waals surface area contributed by atoms with Gasteiger partial charge in [0, 0.05) is 20.8 Å². The lowest BCUT2D eigenvalue weighted by Gasteiger charge is -2.50. The number of amides is 3. The number of hydrogen-bond acceptors (Lipinski definition) is 26. The molecule has 29 nitrogen and oxygen atoms in total. The Labute approximate surface area is 369 Å². The summed E-state index contributed by atoms with van der Waals surface area (Å²) in [6.07, 6.45) is -39.4. The van der Waals surface area contributed by atoms with Crippen molar-refractivity contribution in [3.63, 3.8) is 0 Å². The standard InChI is InChI=1S/C36H61N3O26/c1-9(45)37-17-21(49)28(13(5-41)57-32(17)56)62-33-18(38-10(2)46)22(50)30(15(7-43)59-33)65-36-27(55)25(53)31(16(8-44)61-36)63-34-19(39-11(3)47)23(51)29(14(6-42)60-34)64-35-26(54)24(52)20(48)12(4-40)58-35/h12-36,40-44,48-56H,4-8H2,1-3H3,(H,37,45)(H,38,46)(H,39,47)/t12-,13-,14-,15-,16-,17-,18-,19-,20-,21-,22-,23-,24+,25-,26+,27+,28-,29-,30-,31-,32-,33+,34+,35+,36+/m1/s1. The third kappa shape index (κ3) is 11.9. The first-order valence-electron chi connectivity index (χ1n) is 20.6. The van der Waals surface area contributed by atoms with Crippen molar-refractivity contribution in [1.82, 2.24) is 16.0 Å². The van der Waals surface area contributed by atoms with Crippen LogP contribution >= 0.6 is 0 Å². The van der Waals surface area contributed by atoms with Gasteiger partial charge in [-0.15, -0.1) is 0 Å². The Morgan fingerprint density at radius 2 is 0.662 bits per heavy atom. The van der Waals surface area contributed by atoms with E-state index in [-0.39, 0.29) is 0 Å². The molecule has 0 spiro atoms. The van der Waals surface area contributed by atoms with E-state index >= 15 is 0 Å². The van der Waals surface area contributed by atoms with Gasteiger partial charge < -0.3 is 130 Å². The topological polar surface area (TPSA) is 454 Å². The molecule has 0 aromatic carbocycles. The first-order valence-corrected chi connectivity index (χ1v) is 20.6. The van der Waals surface area contributed by atoms with E-state index in [1.807, 2.05) is 0 Å². The average Bonchev–Trinajstić information content (AvgIpc) is 3.26. The molecule has 0 aromatic rings. The maximum Gasteiger partial charge on any atom is 0.217 e. The van der Waals surface area contributed by atoms with Crippen molar-refractivity contribution < 1.29 is 129 Å². The van der Waals surface area contributed by atoms with Crippen LogP contribution in [0.15, 0.2) is 0 Å². The third-order valence-electron chi connectivity index (χ3n) is 11.5. The molecule has 0 radical (unpaired) electrons. The molecule has 65 heavy (non-hydrogen) atoms. The molecule has 376 valence electrons. The SMILES string of the molecule is CC(=O)N[C@@H]1[C@@H](O)[C@H](O[C@@H]2O[C@H](CO)[C@@H](O[C@@H]3O[C@H](CO)[C@@H](O[C@@H]4O[C@H](CO)[C@@H](O[C@@H]5O[C@H](CO)[C@@H](O)[C@H](O)[C@@H]5O)[C@H](O)[C@H]4NC(C)=O)[C@H](O)[C@@H]3O)[C@H](O)[C@H]2NC(C)=O)[C@@H](CO)O[C@H]1O. The van der Waals surface area contributed by atoms with E-state index in [4.69, 9.17) is 42.6 Å². The van der Waals surface area contributed by atoms with Crippen molar-refractivity contribution in [2.75, 3.05) is 33.0 Å². The van der Waals surface area contributed by atoms with Crippen molar-refractivity contribution in [3.8, 4) is 0 Å². The number of carbonyl (C=O) groups excluding carboxylic acids is 3. The first-order chi connectivity index (χ1) is 30.7. The number of ether oxygens (including phenoxy) is 9. The zero-order chi connectivity index (χ0) is 48.2. The van der Waals surface area contributed by atoms with Crippen molar-refractivity contribution in [1.29, 1.82) is 0 Å². The fourth-order valence-electron chi connectivity index (χ4n) is 8.25. The van der Waals surface area contributed by atoms with Crippen LogP contribution in [0.1, 0.15) is 20.8 Å². The van der Waals surface area contributed by atoms with Gasteiger partial charge in [-0.1, -0.05) is 0 Å². The van der Waals surface area contributed by atoms with Gasteiger partial charge in [-0.3, -0.25) is 14.4 Å². The van der Waals surface area contributed by atoms with Crippen LogP contribution < -0.4 is 16.0 Å². The van der Waals surface area contributed by atoms with E-state index in [0.717, 1.165) is 20.8 Å². The quantitative estimate of drug-likeness (QED) is 0.0683. The molecule has 0 saturated carbocycles. The Morgan fingerprint density at radius 3 is 1.05 bits per heavy atom. The highest BCUT2D eigenvalue weighted by Gasteiger charge is 2.57. The van der Waals surface area contributed by atoms with E-state index in [2.05, 4.69) is 16.0 Å². The molecule has 0 unspecified atom stereocenters. The predicted molar refractivity (Wildman–Crippen MR) is 201 cm³/mol. The minimum atomic E-state index is -2.15. The zero-order valence-electron chi connectivity index (χ0n) is 35.1.